The minimum absolute atomic E-state index is 0.107. The van der Waals surface area contributed by atoms with Crippen molar-refractivity contribution in [2.45, 2.75) is 39.0 Å². The molecule has 0 spiro atoms. The monoisotopic (exact) mass is 274 g/mol. The molecule has 1 aliphatic heterocycles. The standard InChI is InChI=1S/C17H26N2O/c1-16(2,14-8-5-4-6-9-14)15(20)19-13-17(3)10-7-11-18-12-17/h4-6,8-9,18H,7,10-13H2,1-3H3,(H,19,20). The number of hydrogen-bond acceptors (Lipinski definition) is 2. The van der Waals surface area contributed by atoms with E-state index in [9.17, 15) is 4.79 Å². The number of benzene rings is 1. The molecular weight excluding hydrogens is 248 g/mol. The van der Waals surface area contributed by atoms with Crippen LogP contribution in [-0.4, -0.2) is 25.5 Å². The Bertz CT molecular complexity index is 447. The SMILES string of the molecule is CC1(CNC(=O)C(C)(C)c2ccccc2)CCCNC1. The molecule has 3 nitrogen and oxygen atoms in total. The number of piperidine rings is 1. The summed E-state index contributed by atoms with van der Waals surface area (Å²) in [7, 11) is 0. The molecule has 1 aliphatic rings. The van der Waals surface area contributed by atoms with E-state index in [1.807, 2.05) is 44.2 Å². The van der Waals surface area contributed by atoms with Crippen molar-refractivity contribution in [3.8, 4) is 0 Å². The van der Waals surface area contributed by atoms with Gasteiger partial charge < -0.3 is 10.6 Å². The fourth-order valence-electron chi connectivity index (χ4n) is 2.77. The minimum Gasteiger partial charge on any atom is -0.355 e. The summed E-state index contributed by atoms with van der Waals surface area (Å²) in [5.41, 5.74) is 0.754. The van der Waals surface area contributed by atoms with Crippen LogP contribution >= 0.6 is 0 Å². The zero-order valence-corrected chi connectivity index (χ0v) is 12.8. The van der Waals surface area contributed by atoms with Gasteiger partial charge in [0.15, 0.2) is 0 Å². The molecule has 0 aromatic heterocycles. The first-order valence-electron chi connectivity index (χ1n) is 7.49. The lowest BCUT2D eigenvalue weighted by atomic mass is 9.81. The van der Waals surface area contributed by atoms with Crippen LogP contribution in [0.15, 0.2) is 30.3 Å². The van der Waals surface area contributed by atoms with Gasteiger partial charge in [-0.15, -0.1) is 0 Å². The van der Waals surface area contributed by atoms with E-state index in [1.54, 1.807) is 0 Å². The van der Waals surface area contributed by atoms with E-state index >= 15 is 0 Å². The van der Waals surface area contributed by atoms with Crippen LogP contribution in [-0.2, 0) is 10.2 Å². The Balaban J connectivity index is 1.97. The number of carbonyl (C=O) groups excluding carboxylic acids is 1. The van der Waals surface area contributed by atoms with E-state index in [1.165, 1.54) is 12.8 Å². The van der Waals surface area contributed by atoms with Gasteiger partial charge in [0.25, 0.3) is 0 Å². The van der Waals surface area contributed by atoms with Crippen LogP contribution in [0.25, 0.3) is 0 Å². The van der Waals surface area contributed by atoms with E-state index in [0.29, 0.717) is 0 Å². The molecule has 1 saturated heterocycles. The van der Waals surface area contributed by atoms with Gasteiger partial charge in [-0.1, -0.05) is 37.3 Å². The van der Waals surface area contributed by atoms with Crippen LogP contribution < -0.4 is 10.6 Å². The number of carbonyl (C=O) groups is 1. The van der Waals surface area contributed by atoms with Crippen molar-refractivity contribution in [2.24, 2.45) is 5.41 Å². The summed E-state index contributed by atoms with van der Waals surface area (Å²) in [4.78, 5) is 12.5. The Labute approximate surface area is 122 Å². The summed E-state index contributed by atoms with van der Waals surface area (Å²) < 4.78 is 0. The maximum absolute atomic E-state index is 12.5. The maximum Gasteiger partial charge on any atom is 0.230 e. The summed E-state index contributed by atoms with van der Waals surface area (Å²) in [6.07, 6.45) is 2.36. The minimum atomic E-state index is -0.486. The molecule has 1 aromatic carbocycles. The molecule has 2 N–H and O–H groups in total. The van der Waals surface area contributed by atoms with Crippen molar-refractivity contribution in [2.75, 3.05) is 19.6 Å². The molecule has 0 bridgehead atoms. The zero-order chi connectivity index (χ0) is 14.6. The van der Waals surface area contributed by atoms with Crippen molar-refractivity contribution in [3.63, 3.8) is 0 Å². The molecule has 1 amide bonds. The number of rotatable bonds is 4. The summed E-state index contributed by atoms with van der Waals surface area (Å²) in [5, 5.41) is 6.57. The third kappa shape index (κ3) is 3.40. The Kier molecular flexibility index (Phi) is 4.48. The highest BCUT2D eigenvalue weighted by molar-refractivity contribution is 5.87. The summed E-state index contributed by atoms with van der Waals surface area (Å²) in [6, 6.07) is 9.98. The van der Waals surface area contributed by atoms with Gasteiger partial charge in [0.1, 0.15) is 0 Å². The largest absolute Gasteiger partial charge is 0.355 e. The first kappa shape index (κ1) is 15.0. The normalized spacial score (nSPS) is 23.4. The van der Waals surface area contributed by atoms with Gasteiger partial charge in [-0.05, 0) is 44.2 Å². The van der Waals surface area contributed by atoms with E-state index < -0.39 is 5.41 Å². The predicted molar refractivity (Wildman–Crippen MR) is 82.7 cm³/mol. The van der Waals surface area contributed by atoms with Gasteiger partial charge >= 0.3 is 0 Å². The molecule has 110 valence electrons. The molecule has 2 rings (SSSR count). The Morgan fingerprint density at radius 2 is 2.05 bits per heavy atom. The van der Waals surface area contributed by atoms with Crippen LogP contribution in [0.3, 0.4) is 0 Å². The second-order valence-electron chi connectivity index (χ2n) is 6.76. The number of hydrogen-bond donors (Lipinski definition) is 2. The van der Waals surface area contributed by atoms with E-state index in [4.69, 9.17) is 0 Å². The van der Waals surface area contributed by atoms with Crippen LogP contribution in [0.4, 0.5) is 0 Å². The van der Waals surface area contributed by atoms with E-state index in [-0.39, 0.29) is 11.3 Å². The van der Waals surface area contributed by atoms with Gasteiger partial charge in [0, 0.05) is 13.1 Å². The predicted octanol–water partition coefficient (Wildman–Crippen LogP) is 2.47. The highest BCUT2D eigenvalue weighted by Gasteiger charge is 2.32. The maximum atomic E-state index is 12.5. The van der Waals surface area contributed by atoms with Crippen molar-refractivity contribution >= 4 is 5.91 Å². The zero-order valence-electron chi connectivity index (χ0n) is 12.8. The van der Waals surface area contributed by atoms with E-state index in [2.05, 4.69) is 17.6 Å². The van der Waals surface area contributed by atoms with Gasteiger partial charge in [0.05, 0.1) is 5.41 Å². The Hall–Kier alpha value is -1.35. The first-order valence-corrected chi connectivity index (χ1v) is 7.49. The molecule has 1 aromatic rings. The van der Waals surface area contributed by atoms with Crippen molar-refractivity contribution in [3.05, 3.63) is 35.9 Å². The lowest BCUT2D eigenvalue weighted by Crippen LogP contribution is -2.49. The van der Waals surface area contributed by atoms with Gasteiger partial charge in [0.2, 0.25) is 5.91 Å². The van der Waals surface area contributed by atoms with Gasteiger partial charge in [-0.3, -0.25) is 4.79 Å². The molecule has 1 fully saturated rings. The lowest BCUT2D eigenvalue weighted by Gasteiger charge is -2.35. The van der Waals surface area contributed by atoms with Gasteiger partial charge in [-0.2, -0.15) is 0 Å². The fraction of sp³-hybridized carbons (Fsp3) is 0.588. The van der Waals surface area contributed by atoms with Crippen LogP contribution in [0.5, 0.6) is 0 Å². The average Bonchev–Trinajstić information content (AvgIpc) is 2.46. The topological polar surface area (TPSA) is 41.1 Å². The smallest absolute Gasteiger partial charge is 0.230 e. The third-order valence-corrected chi connectivity index (χ3v) is 4.42. The Morgan fingerprint density at radius 1 is 1.35 bits per heavy atom. The van der Waals surface area contributed by atoms with E-state index in [0.717, 1.165) is 25.2 Å². The average molecular weight is 274 g/mol. The molecule has 0 radical (unpaired) electrons. The molecule has 20 heavy (non-hydrogen) atoms. The molecule has 0 saturated carbocycles. The van der Waals surface area contributed by atoms with Crippen LogP contribution in [0, 0.1) is 5.41 Å². The lowest BCUT2D eigenvalue weighted by molar-refractivity contribution is -0.126. The number of amides is 1. The second kappa shape index (κ2) is 5.96. The molecule has 0 aliphatic carbocycles. The van der Waals surface area contributed by atoms with Crippen LogP contribution in [0.2, 0.25) is 0 Å². The van der Waals surface area contributed by atoms with Crippen LogP contribution in [0.1, 0.15) is 39.2 Å². The third-order valence-electron chi connectivity index (χ3n) is 4.42. The molecule has 3 heteroatoms. The molecular formula is C17H26N2O. The number of nitrogens with one attached hydrogen (secondary N) is 2. The molecule has 1 atom stereocenters. The summed E-state index contributed by atoms with van der Waals surface area (Å²) >= 11 is 0. The highest BCUT2D eigenvalue weighted by Crippen LogP contribution is 2.26. The van der Waals surface area contributed by atoms with Gasteiger partial charge in [-0.25, -0.2) is 0 Å². The van der Waals surface area contributed by atoms with Crippen molar-refractivity contribution in [1.82, 2.24) is 10.6 Å². The summed E-state index contributed by atoms with van der Waals surface area (Å²) in [5.74, 6) is 0.107. The first-order chi connectivity index (χ1) is 9.44. The molecule has 1 heterocycles. The quantitative estimate of drug-likeness (QED) is 0.885. The highest BCUT2D eigenvalue weighted by atomic mass is 16.2. The fourth-order valence-corrected chi connectivity index (χ4v) is 2.77. The molecule has 1 unspecified atom stereocenters. The van der Waals surface area contributed by atoms with Crippen molar-refractivity contribution in [1.29, 1.82) is 0 Å². The van der Waals surface area contributed by atoms with Crippen molar-refractivity contribution < 1.29 is 4.79 Å². The Morgan fingerprint density at radius 3 is 2.65 bits per heavy atom. The second-order valence-corrected chi connectivity index (χ2v) is 6.76. The summed E-state index contributed by atoms with van der Waals surface area (Å²) in [6.45, 7) is 9.04.